The maximum Gasteiger partial charge on any atom is 0.253 e. The highest BCUT2D eigenvalue weighted by Gasteiger charge is 2.31. The van der Waals surface area contributed by atoms with Crippen LogP contribution in [0, 0.1) is 0 Å². The summed E-state index contributed by atoms with van der Waals surface area (Å²) in [6.07, 6.45) is -0.256. The quantitative estimate of drug-likeness (QED) is 0.718. The molecule has 1 atom stereocenters. The molecule has 0 radical (unpaired) electrons. The van der Waals surface area contributed by atoms with E-state index in [4.69, 9.17) is 4.74 Å². The molecule has 0 heterocycles. The molecule has 1 fully saturated rings. The molecular weight excluding hydrogens is 176 g/mol. The van der Waals surface area contributed by atoms with Crippen LogP contribution < -0.4 is 5.32 Å². The fraction of sp³-hybridized carbons (Fsp3) is 1.00. The largest absolute Gasteiger partial charge is 0.378 e. The lowest BCUT2D eigenvalue weighted by Crippen LogP contribution is -2.50. The van der Waals surface area contributed by atoms with Gasteiger partial charge in [0, 0.05) is 12.6 Å². The van der Waals surface area contributed by atoms with Crippen LogP contribution >= 0.6 is 0 Å². The Labute approximate surface area is 77.6 Å². The van der Waals surface area contributed by atoms with E-state index < -0.39 is 12.5 Å². The molecule has 1 saturated carbocycles. The fourth-order valence-corrected chi connectivity index (χ4v) is 1.52. The smallest absolute Gasteiger partial charge is 0.253 e. The Kier molecular flexibility index (Phi) is 4.06. The van der Waals surface area contributed by atoms with E-state index in [-0.39, 0.29) is 12.1 Å². The lowest BCUT2D eigenvalue weighted by Gasteiger charge is -2.37. The van der Waals surface area contributed by atoms with E-state index >= 15 is 0 Å². The predicted octanol–water partition coefficient (Wildman–Crippen LogP) is 1.80. The maximum atomic E-state index is 12.1. The monoisotopic (exact) mass is 193 g/mol. The van der Waals surface area contributed by atoms with Gasteiger partial charge < -0.3 is 10.1 Å². The summed E-state index contributed by atoms with van der Waals surface area (Å²) in [5.74, 6) is 0. The molecule has 0 aromatic heterocycles. The first-order valence-electron chi connectivity index (χ1n) is 4.79. The summed E-state index contributed by atoms with van der Waals surface area (Å²) in [4.78, 5) is 0. The van der Waals surface area contributed by atoms with Crippen molar-refractivity contribution in [3.8, 4) is 0 Å². The average Bonchev–Trinajstić information content (AvgIpc) is 2.00. The molecule has 0 aromatic carbocycles. The Morgan fingerprint density at radius 3 is 2.54 bits per heavy atom. The van der Waals surface area contributed by atoms with Crippen molar-refractivity contribution in [3.05, 3.63) is 0 Å². The van der Waals surface area contributed by atoms with E-state index in [0.29, 0.717) is 6.61 Å². The number of hydrogen-bond acceptors (Lipinski definition) is 2. The number of halogens is 2. The Balaban J connectivity index is 2.07. The van der Waals surface area contributed by atoms with Gasteiger partial charge in [-0.2, -0.15) is 0 Å². The van der Waals surface area contributed by atoms with Gasteiger partial charge in [0.15, 0.2) is 0 Å². The van der Waals surface area contributed by atoms with Crippen molar-refractivity contribution in [3.63, 3.8) is 0 Å². The van der Waals surface area contributed by atoms with Crippen LogP contribution in [0.15, 0.2) is 0 Å². The molecule has 1 rings (SSSR count). The van der Waals surface area contributed by atoms with Crippen LogP contribution in [0.3, 0.4) is 0 Å². The second-order valence-electron chi connectivity index (χ2n) is 3.54. The molecule has 0 saturated heterocycles. The van der Waals surface area contributed by atoms with E-state index in [1.165, 1.54) is 6.92 Å². The van der Waals surface area contributed by atoms with Crippen LogP contribution in [0.1, 0.15) is 26.7 Å². The summed E-state index contributed by atoms with van der Waals surface area (Å²) in [6, 6.07) is -0.479. The van der Waals surface area contributed by atoms with Gasteiger partial charge in [0.2, 0.25) is 0 Å². The van der Waals surface area contributed by atoms with Crippen LogP contribution in [0.5, 0.6) is 0 Å². The third-order valence-corrected chi connectivity index (χ3v) is 2.37. The maximum absolute atomic E-state index is 12.1. The van der Waals surface area contributed by atoms with Crippen molar-refractivity contribution < 1.29 is 13.5 Å². The first kappa shape index (κ1) is 10.9. The molecule has 0 aliphatic heterocycles. The molecule has 4 heteroatoms. The molecule has 1 aliphatic carbocycles. The van der Waals surface area contributed by atoms with Crippen LogP contribution in [0.25, 0.3) is 0 Å². The minimum atomic E-state index is -2.27. The van der Waals surface area contributed by atoms with Crippen molar-refractivity contribution in [2.24, 2.45) is 0 Å². The molecule has 78 valence electrons. The minimum Gasteiger partial charge on any atom is -0.378 e. The van der Waals surface area contributed by atoms with Gasteiger partial charge in [-0.15, -0.1) is 0 Å². The number of alkyl halides is 2. The van der Waals surface area contributed by atoms with Crippen molar-refractivity contribution >= 4 is 0 Å². The van der Waals surface area contributed by atoms with Gasteiger partial charge in [-0.05, 0) is 26.7 Å². The fourth-order valence-electron chi connectivity index (χ4n) is 1.52. The zero-order valence-corrected chi connectivity index (χ0v) is 8.09. The molecule has 0 bridgehead atoms. The highest BCUT2D eigenvalue weighted by atomic mass is 19.3. The molecule has 0 amide bonds. The van der Waals surface area contributed by atoms with Crippen LogP contribution in [0.2, 0.25) is 0 Å². The summed E-state index contributed by atoms with van der Waals surface area (Å²) in [5, 5.41) is 2.87. The predicted molar refractivity (Wildman–Crippen MR) is 47.0 cm³/mol. The molecule has 0 aromatic rings. The van der Waals surface area contributed by atoms with Crippen LogP contribution in [-0.4, -0.2) is 31.2 Å². The summed E-state index contributed by atoms with van der Waals surface area (Å²) < 4.78 is 29.5. The van der Waals surface area contributed by atoms with Gasteiger partial charge in [0.25, 0.3) is 6.43 Å². The summed E-state index contributed by atoms with van der Waals surface area (Å²) >= 11 is 0. The molecule has 0 spiro atoms. The molecule has 13 heavy (non-hydrogen) atoms. The van der Waals surface area contributed by atoms with Crippen LogP contribution in [-0.2, 0) is 4.74 Å². The number of rotatable bonds is 5. The average molecular weight is 193 g/mol. The van der Waals surface area contributed by atoms with E-state index in [1.54, 1.807) is 0 Å². The molecule has 2 nitrogen and oxygen atoms in total. The van der Waals surface area contributed by atoms with Crippen molar-refractivity contribution in [2.75, 3.05) is 6.61 Å². The van der Waals surface area contributed by atoms with Crippen molar-refractivity contribution in [2.45, 2.75) is 51.3 Å². The normalized spacial score (nSPS) is 30.2. The first-order chi connectivity index (χ1) is 6.13. The highest BCUT2D eigenvalue weighted by Crippen LogP contribution is 2.24. The molecule has 1 N–H and O–H groups in total. The minimum absolute atomic E-state index is 0.223. The number of hydrogen-bond donors (Lipinski definition) is 1. The standard InChI is InChI=1S/C9H17F2NO/c1-3-13-8-4-7(5-8)12-6(2)9(10)11/h6-9,12H,3-5H2,1-2H3. The second kappa shape index (κ2) is 4.86. The summed E-state index contributed by atoms with van der Waals surface area (Å²) in [7, 11) is 0. The van der Waals surface area contributed by atoms with Crippen molar-refractivity contribution in [1.82, 2.24) is 5.32 Å². The topological polar surface area (TPSA) is 21.3 Å². The van der Waals surface area contributed by atoms with Gasteiger partial charge in [-0.25, -0.2) is 8.78 Å². The lowest BCUT2D eigenvalue weighted by atomic mass is 9.88. The van der Waals surface area contributed by atoms with Gasteiger partial charge >= 0.3 is 0 Å². The second-order valence-corrected chi connectivity index (χ2v) is 3.54. The first-order valence-corrected chi connectivity index (χ1v) is 4.79. The molecule has 1 aliphatic rings. The van der Waals surface area contributed by atoms with E-state index in [2.05, 4.69) is 5.32 Å². The van der Waals surface area contributed by atoms with Crippen molar-refractivity contribution in [1.29, 1.82) is 0 Å². The van der Waals surface area contributed by atoms with E-state index in [1.807, 2.05) is 6.92 Å². The number of nitrogens with one attached hydrogen (secondary N) is 1. The van der Waals surface area contributed by atoms with Gasteiger partial charge in [0.05, 0.1) is 12.1 Å². The summed E-state index contributed by atoms with van der Waals surface area (Å²) in [5.41, 5.74) is 0. The molecule has 1 unspecified atom stereocenters. The Morgan fingerprint density at radius 2 is 2.08 bits per heavy atom. The summed E-state index contributed by atoms with van der Waals surface area (Å²) in [6.45, 7) is 4.17. The van der Waals surface area contributed by atoms with Gasteiger partial charge in [-0.1, -0.05) is 0 Å². The van der Waals surface area contributed by atoms with Crippen LogP contribution in [0.4, 0.5) is 8.78 Å². The zero-order valence-electron chi connectivity index (χ0n) is 8.09. The third-order valence-electron chi connectivity index (χ3n) is 2.37. The van der Waals surface area contributed by atoms with Gasteiger partial charge in [0.1, 0.15) is 0 Å². The van der Waals surface area contributed by atoms with Gasteiger partial charge in [-0.3, -0.25) is 0 Å². The number of ether oxygens (including phenoxy) is 1. The molecular formula is C9H17F2NO. The Hall–Kier alpha value is -0.220. The van der Waals surface area contributed by atoms with E-state index in [0.717, 1.165) is 12.8 Å². The zero-order chi connectivity index (χ0) is 9.84. The Bertz CT molecular complexity index is 149. The Morgan fingerprint density at radius 1 is 1.46 bits per heavy atom. The highest BCUT2D eigenvalue weighted by molar-refractivity contribution is 4.87. The van der Waals surface area contributed by atoms with E-state index in [9.17, 15) is 8.78 Å². The lowest BCUT2D eigenvalue weighted by molar-refractivity contribution is -0.0189. The third kappa shape index (κ3) is 3.19. The SMILES string of the molecule is CCOC1CC(NC(C)C(F)F)C1.